The lowest BCUT2D eigenvalue weighted by Gasteiger charge is -2.34. The van der Waals surface area contributed by atoms with Crippen LogP contribution in [-0.4, -0.2) is 72.2 Å². The van der Waals surface area contributed by atoms with Gasteiger partial charge in [-0.25, -0.2) is 0 Å². The average molecular weight is 362 g/mol. The van der Waals surface area contributed by atoms with E-state index in [4.69, 9.17) is 9.47 Å². The van der Waals surface area contributed by atoms with Crippen molar-refractivity contribution in [3.8, 4) is 11.5 Å². The lowest BCUT2D eigenvalue weighted by Crippen LogP contribution is -2.49. The molecule has 7 heteroatoms. The Kier molecular flexibility index (Phi) is 5.98. The molecule has 26 heavy (non-hydrogen) atoms. The van der Waals surface area contributed by atoms with Crippen molar-refractivity contribution in [2.24, 2.45) is 5.92 Å². The number of carboxylic acids is 1. The predicted octanol–water partition coefficient (Wildman–Crippen LogP) is 1.47. The minimum Gasteiger partial charge on any atom is -0.486 e. The number of para-hydroxylation sites is 2. The Morgan fingerprint density at radius 3 is 2.81 bits per heavy atom. The standard InChI is InChI=1S/C19H26N2O5/c1-2-21(11-15-13-25-16-7-3-4-8-17(16)26-15)18(22)12-20-9-5-6-14(10-20)19(23)24/h3-4,7-8,14-15H,2,5-6,9-13H2,1H3,(H,23,24). The zero-order valence-electron chi connectivity index (χ0n) is 15.1. The number of ether oxygens (including phenoxy) is 2. The van der Waals surface area contributed by atoms with Crippen LogP contribution in [0.3, 0.4) is 0 Å². The van der Waals surface area contributed by atoms with Crippen molar-refractivity contribution in [2.45, 2.75) is 25.9 Å². The second-order valence-electron chi connectivity index (χ2n) is 6.84. The summed E-state index contributed by atoms with van der Waals surface area (Å²) in [5, 5.41) is 9.19. The first-order valence-electron chi connectivity index (χ1n) is 9.18. The van der Waals surface area contributed by atoms with Crippen LogP contribution >= 0.6 is 0 Å². The van der Waals surface area contributed by atoms with Crippen LogP contribution in [0.25, 0.3) is 0 Å². The van der Waals surface area contributed by atoms with Gasteiger partial charge in [-0.2, -0.15) is 0 Å². The largest absolute Gasteiger partial charge is 0.486 e. The van der Waals surface area contributed by atoms with Crippen LogP contribution in [0.2, 0.25) is 0 Å². The number of aliphatic carboxylic acids is 1. The van der Waals surface area contributed by atoms with Gasteiger partial charge in [0.25, 0.3) is 0 Å². The number of carboxylic acid groups (broad SMARTS) is 1. The first kappa shape index (κ1) is 18.5. The average Bonchev–Trinajstić information content (AvgIpc) is 2.66. The maximum atomic E-state index is 12.7. The van der Waals surface area contributed by atoms with Gasteiger partial charge >= 0.3 is 5.97 Å². The van der Waals surface area contributed by atoms with Gasteiger partial charge in [-0.15, -0.1) is 0 Å². The van der Waals surface area contributed by atoms with E-state index in [0.717, 1.165) is 18.7 Å². The molecule has 0 aliphatic carbocycles. The number of likely N-dealkylation sites (N-methyl/N-ethyl adjacent to an activating group) is 1. The maximum absolute atomic E-state index is 12.7. The van der Waals surface area contributed by atoms with Crippen molar-refractivity contribution >= 4 is 11.9 Å². The van der Waals surface area contributed by atoms with Crippen LogP contribution in [0, 0.1) is 5.92 Å². The number of hydrogen-bond donors (Lipinski definition) is 1. The smallest absolute Gasteiger partial charge is 0.307 e. The first-order chi connectivity index (χ1) is 12.6. The lowest BCUT2D eigenvalue weighted by molar-refractivity contribution is -0.145. The third-order valence-electron chi connectivity index (χ3n) is 4.94. The third kappa shape index (κ3) is 4.46. The number of nitrogens with zero attached hydrogens (tertiary/aromatic N) is 2. The van der Waals surface area contributed by atoms with Gasteiger partial charge in [0.2, 0.25) is 5.91 Å². The molecular weight excluding hydrogens is 336 g/mol. The number of amides is 1. The number of likely N-dealkylation sites (tertiary alicyclic amines) is 1. The summed E-state index contributed by atoms with van der Waals surface area (Å²) < 4.78 is 11.7. The molecule has 0 spiro atoms. The van der Waals surface area contributed by atoms with Crippen molar-refractivity contribution < 1.29 is 24.2 Å². The zero-order chi connectivity index (χ0) is 18.5. The third-order valence-corrected chi connectivity index (χ3v) is 4.94. The van der Waals surface area contributed by atoms with E-state index in [1.165, 1.54) is 0 Å². The molecule has 0 radical (unpaired) electrons. The quantitative estimate of drug-likeness (QED) is 0.826. The highest BCUT2D eigenvalue weighted by molar-refractivity contribution is 5.78. The first-order valence-corrected chi connectivity index (χ1v) is 9.18. The molecule has 2 atom stereocenters. The Morgan fingerprint density at radius 1 is 1.31 bits per heavy atom. The molecule has 2 aliphatic rings. The monoisotopic (exact) mass is 362 g/mol. The molecule has 1 aromatic carbocycles. The normalized spacial score (nSPS) is 22.7. The molecule has 2 heterocycles. The second-order valence-corrected chi connectivity index (χ2v) is 6.84. The Morgan fingerprint density at radius 2 is 2.08 bits per heavy atom. The summed E-state index contributed by atoms with van der Waals surface area (Å²) in [4.78, 5) is 27.6. The minimum atomic E-state index is -0.777. The van der Waals surface area contributed by atoms with Crippen molar-refractivity contribution in [3.05, 3.63) is 24.3 Å². The van der Waals surface area contributed by atoms with Crippen LogP contribution in [0.5, 0.6) is 11.5 Å². The van der Waals surface area contributed by atoms with Gasteiger partial charge in [0, 0.05) is 13.1 Å². The molecule has 1 saturated heterocycles. The molecule has 0 aromatic heterocycles. The SMILES string of the molecule is CCN(CC1COc2ccccc2O1)C(=O)CN1CCCC(C(=O)O)C1. The number of rotatable bonds is 6. The summed E-state index contributed by atoms with van der Waals surface area (Å²) in [6.45, 7) is 4.84. The van der Waals surface area contributed by atoms with E-state index in [2.05, 4.69) is 0 Å². The van der Waals surface area contributed by atoms with Gasteiger partial charge in [-0.1, -0.05) is 12.1 Å². The highest BCUT2D eigenvalue weighted by Gasteiger charge is 2.29. The summed E-state index contributed by atoms with van der Waals surface area (Å²) in [6.07, 6.45) is 1.29. The van der Waals surface area contributed by atoms with E-state index in [1.54, 1.807) is 4.90 Å². The number of carbonyl (C=O) groups is 2. The molecule has 1 amide bonds. The molecule has 1 aromatic rings. The van der Waals surface area contributed by atoms with Gasteiger partial charge in [-0.05, 0) is 38.4 Å². The van der Waals surface area contributed by atoms with Gasteiger partial charge in [-0.3, -0.25) is 14.5 Å². The summed E-state index contributed by atoms with van der Waals surface area (Å²) >= 11 is 0. The molecule has 2 unspecified atom stereocenters. The molecular formula is C19H26N2O5. The molecule has 3 rings (SSSR count). The molecule has 1 N–H and O–H groups in total. The molecule has 7 nitrogen and oxygen atoms in total. The maximum Gasteiger partial charge on any atom is 0.307 e. The lowest BCUT2D eigenvalue weighted by atomic mass is 9.98. The van der Waals surface area contributed by atoms with Gasteiger partial charge < -0.3 is 19.5 Å². The Labute approximate surface area is 153 Å². The number of piperidine rings is 1. The van der Waals surface area contributed by atoms with Crippen molar-refractivity contribution in [1.82, 2.24) is 9.80 Å². The van der Waals surface area contributed by atoms with E-state index in [0.29, 0.717) is 38.4 Å². The fraction of sp³-hybridized carbons (Fsp3) is 0.579. The number of benzene rings is 1. The van der Waals surface area contributed by atoms with Gasteiger partial charge in [0.15, 0.2) is 17.6 Å². The summed E-state index contributed by atoms with van der Waals surface area (Å²) in [7, 11) is 0. The fourth-order valence-electron chi connectivity index (χ4n) is 3.50. The van der Waals surface area contributed by atoms with E-state index >= 15 is 0 Å². The zero-order valence-corrected chi connectivity index (χ0v) is 15.1. The van der Waals surface area contributed by atoms with E-state index < -0.39 is 5.97 Å². The topological polar surface area (TPSA) is 79.3 Å². The van der Waals surface area contributed by atoms with E-state index in [-0.39, 0.29) is 24.5 Å². The fourth-order valence-corrected chi connectivity index (χ4v) is 3.50. The molecule has 0 bridgehead atoms. The minimum absolute atomic E-state index is 0.000924. The number of carbonyl (C=O) groups excluding carboxylic acids is 1. The predicted molar refractivity (Wildman–Crippen MR) is 95.4 cm³/mol. The molecule has 1 fully saturated rings. The molecule has 0 saturated carbocycles. The molecule has 2 aliphatic heterocycles. The van der Waals surface area contributed by atoms with Crippen LogP contribution < -0.4 is 9.47 Å². The highest BCUT2D eigenvalue weighted by Crippen LogP contribution is 2.31. The number of fused-ring (bicyclic) bond motifs is 1. The highest BCUT2D eigenvalue weighted by atomic mass is 16.6. The van der Waals surface area contributed by atoms with Crippen molar-refractivity contribution in [2.75, 3.05) is 39.3 Å². The Bertz CT molecular complexity index is 651. The summed E-state index contributed by atoms with van der Waals surface area (Å²) in [5.74, 6) is 0.277. The Balaban J connectivity index is 1.53. The van der Waals surface area contributed by atoms with Gasteiger partial charge in [0.1, 0.15) is 6.61 Å². The van der Waals surface area contributed by atoms with Crippen LogP contribution in [0.1, 0.15) is 19.8 Å². The summed E-state index contributed by atoms with van der Waals surface area (Å²) in [6, 6.07) is 7.51. The van der Waals surface area contributed by atoms with Crippen LogP contribution in [0.4, 0.5) is 0 Å². The summed E-state index contributed by atoms with van der Waals surface area (Å²) in [5.41, 5.74) is 0. The number of hydrogen-bond acceptors (Lipinski definition) is 5. The van der Waals surface area contributed by atoms with Crippen molar-refractivity contribution in [3.63, 3.8) is 0 Å². The van der Waals surface area contributed by atoms with Crippen LogP contribution in [0.15, 0.2) is 24.3 Å². The van der Waals surface area contributed by atoms with Crippen LogP contribution in [-0.2, 0) is 9.59 Å². The van der Waals surface area contributed by atoms with E-state index in [1.807, 2.05) is 36.1 Å². The second kappa shape index (κ2) is 8.40. The van der Waals surface area contributed by atoms with Gasteiger partial charge in [0.05, 0.1) is 19.0 Å². The molecule has 142 valence electrons. The Hall–Kier alpha value is -2.28. The van der Waals surface area contributed by atoms with Crippen molar-refractivity contribution in [1.29, 1.82) is 0 Å². The van der Waals surface area contributed by atoms with E-state index in [9.17, 15) is 14.7 Å².